The lowest BCUT2D eigenvalue weighted by Gasteiger charge is -1.82. The Morgan fingerprint density at radius 3 is 0.688 bits per heavy atom. The molecule has 0 heterocycles. The van der Waals surface area contributed by atoms with Gasteiger partial charge in [0.05, 0.1) is 0 Å². The predicted octanol–water partition coefficient (Wildman–Crippen LogP) is -0.586. The lowest BCUT2D eigenvalue weighted by atomic mass is 10.3. The van der Waals surface area contributed by atoms with Crippen LogP contribution in [-0.2, 0) is 9.13 Å². The van der Waals surface area contributed by atoms with Crippen molar-refractivity contribution in [3.63, 3.8) is 0 Å². The highest BCUT2D eigenvalue weighted by molar-refractivity contribution is 7.45. The van der Waals surface area contributed by atoms with Crippen LogP contribution in [0.4, 0.5) is 0 Å². The molecule has 0 bridgehead atoms. The van der Waals surface area contributed by atoms with Crippen LogP contribution in [0.3, 0.4) is 0 Å². The molecule has 0 aromatic carbocycles. The molecule has 104 valence electrons. The standard InChI is InChI=1S/C4H10.CH4O.2H3O4P/c1-4(2)3;1-2;2*1-5(2,3)4/h4H,1-3H3;2H,1H3;2*(H3,1,2,3,4). The quantitative estimate of drug-likeness (QED) is 0.287. The number of hydrogen-bond donors (Lipinski definition) is 7. The van der Waals surface area contributed by atoms with Crippen LogP contribution < -0.4 is 0 Å². The van der Waals surface area contributed by atoms with E-state index in [-0.39, 0.29) is 0 Å². The molecule has 0 saturated carbocycles. The first-order valence-corrected chi connectivity index (χ1v) is 6.87. The van der Waals surface area contributed by atoms with Crippen LogP contribution in [0.15, 0.2) is 0 Å². The first-order valence-electron chi connectivity index (χ1n) is 3.74. The number of aliphatic hydroxyl groups is 1. The number of phosphoric acid groups is 2. The molecule has 0 radical (unpaired) electrons. The summed E-state index contributed by atoms with van der Waals surface area (Å²) in [6.45, 7) is 6.50. The summed E-state index contributed by atoms with van der Waals surface area (Å²) in [5, 5.41) is 7.00. The van der Waals surface area contributed by atoms with Crippen LogP contribution in [0.25, 0.3) is 0 Å². The van der Waals surface area contributed by atoms with Gasteiger partial charge < -0.3 is 34.5 Å². The summed E-state index contributed by atoms with van der Waals surface area (Å²) in [5.41, 5.74) is 0. The van der Waals surface area contributed by atoms with Crippen molar-refractivity contribution in [2.45, 2.75) is 20.8 Å². The zero-order valence-electron chi connectivity index (χ0n) is 9.42. The van der Waals surface area contributed by atoms with Crippen LogP contribution in [-0.4, -0.2) is 41.6 Å². The van der Waals surface area contributed by atoms with Crippen LogP contribution in [0.2, 0.25) is 0 Å². The molecule has 0 aliphatic carbocycles. The van der Waals surface area contributed by atoms with Crippen molar-refractivity contribution >= 4 is 15.6 Å². The molecule has 0 aliphatic heterocycles. The third kappa shape index (κ3) is 76000. The Kier molecular flexibility index (Phi) is 20.8. The summed E-state index contributed by atoms with van der Waals surface area (Å²) in [5.74, 6) is 0.833. The Morgan fingerprint density at radius 1 is 0.688 bits per heavy atom. The molecule has 0 fully saturated rings. The smallest absolute Gasteiger partial charge is 0.400 e. The summed E-state index contributed by atoms with van der Waals surface area (Å²) in [6.07, 6.45) is 0. The van der Waals surface area contributed by atoms with Crippen LogP contribution in [0.1, 0.15) is 20.8 Å². The van der Waals surface area contributed by atoms with Gasteiger partial charge in [0.2, 0.25) is 0 Å². The maximum absolute atomic E-state index is 8.88. The molecule has 0 aromatic rings. The average molecular weight is 286 g/mol. The van der Waals surface area contributed by atoms with Gasteiger partial charge in [-0.1, -0.05) is 20.8 Å². The second-order valence-corrected chi connectivity index (χ2v) is 4.81. The summed E-state index contributed by atoms with van der Waals surface area (Å²) in [4.78, 5) is 43.1. The molecule has 0 unspecified atom stereocenters. The third-order valence-corrected chi connectivity index (χ3v) is 0. The van der Waals surface area contributed by atoms with E-state index in [0.29, 0.717) is 0 Å². The minimum atomic E-state index is -4.64. The van der Waals surface area contributed by atoms with E-state index >= 15 is 0 Å². The van der Waals surface area contributed by atoms with Crippen molar-refractivity contribution in [1.82, 2.24) is 0 Å². The first-order chi connectivity index (χ1) is 6.73. The van der Waals surface area contributed by atoms with Crippen molar-refractivity contribution in [2.24, 2.45) is 5.92 Å². The molecule has 0 atom stereocenters. The molecule has 0 aromatic heterocycles. The van der Waals surface area contributed by atoms with Gasteiger partial charge in [-0.3, -0.25) is 0 Å². The first kappa shape index (κ1) is 25.1. The fourth-order valence-corrected chi connectivity index (χ4v) is 0. The van der Waals surface area contributed by atoms with E-state index in [1.54, 1.807) is 0 Å². The molecule has 0 aliphatic rings. The molecule has 7 N–H and O–H groups in total. The monoisotopic (exact) mass is 286 g/mol. The maximum Gasteiger partial charge on any atom is 0.466 e. The van der Waals surface area contributed by atoms with E-state index in [4.69, 9.17) is 43.6 Å². The number of hydrogen-bond acceptors (Lipinski definition) is 3. The third-order valence-electron chi connectivity index (χ3n) is 0. The zero-order chi connectivity index (χ0) is 14.6. The van der Waals surface area contributed by atoms with Gasteiger partial charge in [-0.25, -0.2) is 9.13 Å². The van der Waals surface area contributed by atoms with E-state index in [1.165, 1.54) is 0 Å². The molecule has 0 saturated heterocycles. The van der Waals surface area contributed by atoms with E-state index in [2.05, 4.69) is 20.8 Å². The zero-order valence-corrected chi connectivity index (χ0v) is 11.2. The van der Waals surface area contributed by atoms with Crippen LogP contribution >= 0.6 is 15.6 Å². The maximum atomic E-state index is 8.88. The van der Waals surface area contributed by atoms with Crippen LogP contribution in [0.5, 0.6) is 0 Å². The number of rotatable bonds is 0. The number of aliphatic hydroxyl groups excluding tert-OH is 1. The van der Waals surface area contributed by atoms with Gasteiger partial charge in [-0.05, 0) is 5.92 Å². The van der Waals surface area contributed by atoms with Crippen molar-refractivity contribution < 1.29 is 43.6 Å². The summed E-state index contributed by atoms with van der Waals surface area (Å²) < 4.78 is 17.8. The molecule has 0 spiro atoms. The topological polar surface area (TPSA) is 176 Å². The molecule has 9 nitrogen and oxygen atoms in total. The van der Waals surface area contributed by atoms with Gasteiger partial charge in [0, 0.05) is 7.11 Å². The Labute approximate surface area is 93.9 Å². The molecule has 16 heavy (non-hydrogen) atoms. The molecule has 0 rings (SSSR count). The lowest BCUT2D eigenvalue weighted by Crippen LogP contribution is -1.66. The fourth-order valence-electron chi connectivity index (χ4n) is 0. The normalized spacial score (nSPS) is 10.0. The van der Waals surface area contributed by atoms with Gasteiger partial charge in [-0.2, -0.15) is 0 Å². The Hall–Kier alpha value is 0.180. The van der Waals surface area contributed by atoms with Crippen molar-refractivity contribution in [3.05, 3.63) is 0 Å². The van der Waals surface area contributed by atoms with Gasteiger partial charge in [0.1, 0.15) is 0 Å². The summed E-state index contributed by atoms with van der Waals surface area (Å²) >= 11 is 0. The van der Waals surface area contributed by atoms with Crippen LogP contribution in [0, 0.1) is 5.92 Å². The Bertz CT molecular complexity index is 165. The minimum Gasteiger partial charge on any atom is -0.400 e. The second kappa shape index (κ2) is 13.2. The largest absolute Gasteiger partial charge is 0.466 e. The molecular weight excluding hydrogens is 266 g/mol. The van der Waals surface area contributed by atoms with E-state index < -0.39 is 15.6 Å². The van der Waals surface area contributed by atoms with Crippen molar-refractivity contribution in [1.29, 1.82) is 0 Å². The molecule has 0 amide bonds. The van der Waals surface area contributed by atoms with E-state index in [9.17, 15) is 0 Å². The van der Waals surface area contributed by atoms with E-state index in [0.717, 1.165) is 13.0 Å². The van der Waals surface area contributed by atoms with Gasteiger partial charge in [0.25, 0.3) is 0 Å². The molecule has 11 heteroatoms. The fraction of sp³-hybridized carbons (Fsp3) is 1.00. The van der Waals surface area contributed by atoms with Gasteiger partial charge in [-0.15, -0.1) is 0 Å². The van der Waals surface area contributed by atoms with Gasteiger partial charge in [0.15, 0.2) is 0 Å². The summed E-state index contributed by atoms with van der Waals surface area (Å²) in [6, 6.07) is 0. The predicted molar refractivity (Wildman–Crippen MR) is 57.2 cm³/mol. The SMILES string of the molecule is CC(C)C.CO.O=P(O)(O)O.O=P(O)(O)O. The highest BCUT2D eigenvalue weighted by atomic mass is 31.2. The van der Waals surface area contributed by atoms with Gasteiger partial charge >= 0.3 is 15.6 Å². The highest BCUT2D eigenvalue weighted by Gasteiger charge is 2.00. The Morgan fingerprint density at radius 2 is 0.688 bits per heavy atom. The molecular formula is C5H20O9P2. The minimum absolute atomic E-state index is 0.833. The summed E-state index contributed by atoms with van der Waals surface area (Å²) in [7, 11) is -8.28. The van der Waals surface area contributed by atoms with E-state index in [1.807, 2.05) is 0 Å². The van der Waals surface area contributed by atoms with Crippen molar-refractivity contribution in [2.75, 3.05) is 7.11 Å². The second-order valence-electron chi connectivity index (χ2n) is 2.76. The van der Waals surface area contributed by atoms with Crippen molar-refractivity contribution in [3.8, 4) is 0 Å². The average Bonchev–Trinajstić information content (AvgIpc) is 1.80. The highest BCUT2D eigenvalue weighted by Crippen LogP contribution is 2.26. The Balaban J connectivity index is -0.0000000629. The lowest BCUT2D eigenvalue weighted by molar-refractivity contribution is 0.272.